The van der Waals surface area contributed by atoms with Crippen molar-refractivity contribution in [3.8, 4) is 0 Å². The fourth-order valence-electron chi connectivity index (χ4n) is 4.09. The summed E-state index contributed by atoms with van der Waals surface area (Å²) in [4.78, 5) is 14.0. The zero-order valence-electron chi connectivity index (χ0n) is 13.0. The predicted octanol–water partition coefficient (Wildman–Crippen LogP) is 2.48. The van der Waals surface area contributed by atoms with Crippen molar-refractivity contribution in [3.63, 3.8) is 0 Å². The second-order valence-electron chi connectivity index (χ2n) is 6.76. The minimum Gasteiger partial charge on any atom is -0.480 e. The molecule has 2 saturated carbocycles. The quantitative estimate of drug-likeness (QED) is 0.786. The van der Waals surface area contributed by atoms with Gasteiger partial charge in [0.2, 0.25) is 0 Å². The van der Waals surface area contributed by atoms with E-state index in [1.54, 1.807) is 0 Å². The molecule has 4 nitrogen and oxygen atoms in total. The van der Waals surface area contributed by atoms with Gasteiger partial charge in [-0.3, -0.25) is 4.79 Å². The summed E-state index contributed by atoms with van der Waals surface area (Å²) in [6.07, 6.45) is 9.37. The number of aliphatic carboxylic acids is 1. The van der Waals surface area contributed by atoms with E-state index in [2.05, 4.69) is 17.3 Å². The summed E-state index contributed by atoms with van der Waals surface area (Å²) in [5.74, 6) is 0.153. The van der Waals surface area contributed by atoms with Crippen LogP contribution in [0.5, 0.6) is 0 Å². The summed E-state index contributed by atoms with van der Waals surface area (Å²) in [6, 6.07) is 0.423. The Kier molecular flexibility index (Phi) is 5.44. The largest absolute Gasteiger partial charge is 0.480 e. The standard InChI is InChI=1S/C16H30N2O2/c1-3-17-16(15(19)20)10-9-14(11-16)18(2)12-13-7-5-4-6-8-13/h13-14,17H,3-12H2,1-2H3,(H,19,20). The van der Waals surface area contributed by atoms with Crippen LogP contribution in [-0.2, 0) is 4.79 Å². The maximum Gasteiger partial charge on any atom is 0.323 e. The number of hydrogen-bond donors (Lipinski definition) is 2. The topological polar surface area (TPSA) is 52.6 Å². The first-order valence-electron chi connectivity index (χ1n) is 8.26. The molecular formula is C16H30N2O2. The molecular weight excluding hydrogens is 252 g/mol. The monoisotopic (exact) mass is 282 g/mol. The van der Waals surface area contributed by atoms with Crippen LogP contribution in [0.4, 0.5) is 0 Å². The fourth-order valence-corrected chi connectivity index (χ4v) is 4.09. The SMILES string of the molecule is CCNC1(C(=O)O)CCC(N(C)CC2CCCCC2)C1. The van der Waals surface area contributed by atoms with E-state index in [9.17, 15) is 9.90 Å². The molecule has 2 unspecified atom stereocenters. The molecule has 0 spiro atoms. The highest BCUT2D eigenvalue weighted by Crippen LogP contribution is 2.34. The van der Waals surface area contributed by atoms with Crippen LogP contribution in [0.2, 0.25) is 0 Å². The lowest BCUT2D eigenvalue weighted by molar-refractivity contribution is -0.144. The van der Waals surface area contributed by atoms with Gasteiger partial charge in [0, 0.05) is 12.6 Å². The van der Waals surface area contributed by atoms with Crippen LogP contribution in [-0.4, -0.2) is 47.7 Å². The molecule has 0 radical (unpaired) electrons. The van der Waals surface area contributed by atoms with Crippen LogP contribution in [0.15, 0.2) is 0 Å². The highest BCUT2D eigenvalue weighted by atomic mass is 16.4. The van der Waals surface area contributed by atoms with Crippen molar-refractivity contribution < 1.29 is 9.90 Å². The third-order valence-corrected chi connectivity index (χ3v) is 5.31. The third-order valence-electron chi connectivity index (χ3n) is 5.31. The maximum absolute atomic E-state index is 11.6. The Bertz CT molecular complexity index is 328. The number of rotatable bonds is 6. The molecule has 0 aromatic carbocycles. The lowest BCUT2D eigenvalue weighted by Gasteiger charge is -2.32. The van der Waals surface area contributed by atoms with Gasteiger partial charge in [-0.25, -0.2) is 0 Å². The van der Waals surface area contributed by atoms with Crippen molar-refractivity contribution >= 4 is 5.97 Å². The van der Waals surface area contributed by atoms with Crippen molar-refractivity contribution in [2.75, 3.05) is 20.1 Å². The lowest BCUT2D eigenvalue weighted by atomic mass is 9.88. The Balaban J connectivity index is 1.88. The van der Waals surface area contributed by atoms with Gasteiger partial charge in [-0.05, 0) is 51.6 Å². The number of nitrogens with one attached hydrogen (secondary N) is 1. The summed E-state index contributed by atoms with van der Waals surface area (Å²) in [5, 5.41) is 12.8. The summed E-state index contributed by atoms with van der Waals surface area (Å²) in [5.41, 5.74) is -0.680. The van der Waals surface area contributed by atoms with Crippen molar-refractivity contribution in [2.24, 2.45) is 5.92 Å². The molecule has 2 aliphatic carbocycles. The van der Waals surface area contributed by atoms with Crippen LogP contribution in [0.1, 0.15) is 58.3 Å². The van der Waals surface area contributed by atoms with E-state index in [1.807, 2.05) is 6.92 Å². The number of carboxylic acid groups (broad SMARTS) is 1. The zero-order valence-corrected chi connectivity index (χ0v) is 13.0. The molecule has 20 heavy (non-hydrogen) atoms. The highest BCUT2D eigenvalue weighted by molar-refractivity contribution is 5.79. The third kappa shape index (κ3) is 3.53. The van der Waals surface area contributed by atoms with Crippen LogP contribution in [0, 0.1) is 5.92 Å². The minimum atomic E-state index is -0.680. The molecule has 0 aromatic rings. The average Bonchev–Trinajstić information content (AvgIpc) is 2.86. The molecule has 0 aromatic heterocycles. The number of hydrogen-bond acceptors (Lipinski definition) is 3. The second kappa shape index (κ2) is 6.90. The van der Waals surface area contributed by atoms with Crippen LogP contribution >= 0.6 is 0 Å². The Morgan fingerprint density at radius 3 is 2.60 bits per heavy atom. The fraction of sp³-hybridized carbons (Fsp3) is 0.938. The van der Waals surface area contributed by atoms with Crippen molar-refractivity contribution in [1.29, 1.82) is 0 Å². The van der Waals surface area contributed by atoms with Crippen LogP contribution < -0.4 is 5.32 Å². The average molecular weight is 282 g/mol. The lowest BCUT2D eigenvalue weighted by Crippen LogP contribution is -2.51. The summed E-state index contributed by atoms with van der Waals surface area (Å²) in [6.45, 7) is 3.86. The Labute approximate surface area is 122 Å². The van der Waals surface area contributed by atoms with Gasteiger partial charge in [-0.1, -0.05) is 26.2 Å². The predicted molar refractivity (Wildman–Crippen MR) is 80.9 cm³/mol. The molecule has 2 N–H and O–H groups in total. The van der Waals surface area contributed by atoms with Gasteiger partial charge in [0.1, 0.15) is 5.54 Å². The van der Waals surface area contributed by atoms with E-state index in [1.165, 1.54) is 32.1 Å². The number of carbonyl (C=O) groups is 1. The van der Waals surface area contributed by atoms with Crippen molar-refractivity contribution in [2.45, 2.75) is 69.9 Å². The molecule has 0 heterocycles. The summed E-state index contributed by atoms with van der Waals surface area (Å²) >= 11 is 0. The smallest absolute Gasteiger partial charge is 0.323 e. The van der Waals surface area contributed by atoms with Crippen molar-refractivity contribution in [1.82, 2.24) is 10.2 Å². The van der Waals surface area contributed by atoms with Gasteiger partial charge in [0.25, 0.3) is 0 Å². The first-order valence-corrected chi connectivity index (χ1v) is 8.26. The van der Waals surface area contributed by atoms with Crippen LogP contribution in [0.25, 0.3) is 0 Å². The van der Waals surface area contributed by atoms with Gasteiger partial charge in [-0.2, -0.15) is 0 Å². The minimum absolute atomic E-state index is 0.423. The van der Waals surface area contributed by atoms with Gasteiger partial charge in [0.05, 0.1) is 0 Å². The first kappa shape index (κ1) is 15.8. The Morgan fingerprint density at radius 1 is 1.30 bits per heavy atom. The number of carboxylic acids is 1. The van der Waals surface area contributed by atoms with Gasteiger partial charge >= 0.3 is 5.97 Å². The maximum atomic E-state index is 11.6. The van der Waals surface area contributed by atoms with E-state index in [-0.39, 0.29) is 0 Å². The van der Waals surface area contributed by atoms with Crippen molar-refractivity contribution in [3.05, 3.63) is 0 Å². The molecule has 0 saturated heterocycles. The number of nitrogens with zero attached hydrogens (tertiary/aromatic N) is 1. The molecule has 0 amide bonds. The number of likely N-dealkylation sites (N-methyl/N-ethyl adjacent to an activating group) is 1. The molecule has 2 fully saturated rings. The Morgan fingerprint density at radius 2 is 2.00 bits per heavy atom. The Hall–Kier alpha value is -0.610. The van der Waals surface area contributed by atoms with Crippen LogP contribution in [0.3, 0.4) is 0 Å². The first-order chi connectivity index (χ1) is 9.57. The molecule has 2 aliphatic rings. The van der Waals surface area contributed by atoms with E-state index in [0.29, 0.717) is 6.04 Å². The highest BCUT2D eigenvalue weighted by Gasteiger charge is 2.46. The van der Waals surface area contributed by atoms with E-state index >= 15 is 0 Å². The zero-order chi connectivity index (χ0) is 14.6. The molecule has 0 bridgehead atoms. The normalized spacial score (nSPS) is 31.9. The molecule has 2 rings (SSSR count). The molecule has 2 atom stereocenters. The second-order valence-corrected chi connectivity index (χ2v) is 6.76. The van der Waals surface area contributed by atoms with Gasteiger partial charge in [0.15, 0.2) is 0 Å². The summed E-state index contributed by atoms with van der Waals surface area (Å²) in [7, 11) is 2.18. The molecule has 0 aliphatic heterocycles. The molecule has 4 heteroatoms. The van der Waals surface area contributed by atoms with Gasteiger partial charge < -0.3 is 15.3 Å². The van der Waals surface area contributed by atoms with E-state index in [4.69, 9.17) is 0 Å². The van der Waals surface area contributed by atoms with E-state index in [0.717, 1.165) is 38.3 Å². The van der Waals surface area contributed by atoms with Gasteiger partial charge in [-0.15, -0.1) is 0 Å². The summed E-state index contributed by atoms with van der Waals surface area (Å²) < 4.78 is 0. The van der Waals surface area contributed by atoms with E-state index < -0.39 is 11.5 Å². The molecule has 116 valence electrons.